The number of methoxy groups -OCH3 is 1. The Morgan fingerprint density at radius 1 is 1.44 bits per heavy atom. The third kappa shape index (κ3) is 2.36. The molecule has 2 rings (SSSR count). The van der Waals surface area contributed by atoms with E-state index in [9.17, 15) is 4.39 Å². The SMILES string of the molecule is COc1ccc(F)cc1-c1nc(C)oc1CCN. The van der Waals surface area contributed by atoms with Crippen LogP contribution in [-0.2, 0) is 6.42 Å². The Bertz CT molecular complexity index is 552. The number of halogens is 1. The largest absolute Gasteiger partial charge is 0.496 e. The molecular formula is C13H15FN2O2. The van der Waals surface area contributed by atoms with Crippen LogP contribution in [0.5, 0.6) is 5.75 Å². The molecule has 5 heteroatoms. The fourth-order valence-electron chi connectivity index (χ4n) is 1.85. The molecule has 0 saturated carbocycles. The normalized spacial score (nSPS) is 10.7. The van der Waals surface area contributed by atoms with Gasteiger partial charge in [0.25, 0.3) is 0 Å². The van der Waals surface area contributed by atoms with E-state index < -0.39 is 0 Å². The van der Waals surface area contributed by atoms with Crippen LogP contribution in [0.15, 0.2) is 22.6 Å². The minimum Gasteiger partial charge on any atom is -0.496 e. The molecule has 1 aromatic carbocycles. The van der Waals surface area contributed by atoms with Crippen molar-refractivity contribution < 1.29 is 13.5 Å². The summed E-state index contributed by atoms with van der Waals surface area (Å²) in [6, 6.07) is 4.30. The molecule has 1 aromatic heterocycles. The van der Waals surface area contributed by atoms with Crippen molar-refractivity contribution in [2.24, 2.45) is 5.73 Å². The Morgan fingerprint density at radius 3 is 2.89 bits per heavy atom. The first-order valence-corrected chi connectivity index (χ1v) is 5.66. The molecule has 0 atom stereocenters. The highest BCUT2D eigenvalue weighted by Crippen LogP contribution is 2.32. The molecule has 96 valence electrons. The van der Waals surface area contributed by atoms with E-state index in [0.717, 1.165) is 0 Å². The van der Waals surface area contributed by atoms with Crippen LogP contribution in [-0.4, -0.2) is 18.6 Å². The molecule has 0 aliphatic heterocycles. The summed E-state index contributed by atoms with van der Waals surface area (Å²) in [6.07, 6.45) is 0.551. The summed E-state index contributed by atoms with van der Waals surface area (Å²) in [4.78, 5) is 4.28. The molecule has 0 fully saturated rings. The standard InChI is InChI=1S/C13H15FN2O2/c1-8-16-13(12(18-8)5-6-15)10-7-9(14)3-4-11(10)17-2/h3-4,7H,5-6,15H2,1-2H3. The fourth-order valence-corrected chi connectivity index (χ4v) is 1.85. The van der Waals surface area contributed by atoms with Crippen LogP contribution in [0.25, 0.3) is 11.3 Å². The van der Waals surface area contributed by atoms with Crippen molar-refractivity contribution in [3.63, 3.8) is 0 Å². The van der Waals surface area contributed by atoms with Gasteiger partial charge in [0.1, 0.15) is 23.0 Å². The van der Waals surface area contributed by atoms with Crippen molar-refractivity contribution >= 4 is 0 Å². The third-order valence-electron chi connectivity index (χ3n) is 2.59. The molecule has 4 nitrogen and oxygen atoms in total. The molecule has 0 unspecified atom stereocenters. The molecule has 2 aromatic rings. The van der Waals surface area contributed by atoms with Gasteiger partial charge in [-0.2, -0.15) is 0 Å². The monoisotopic (exact) mass is 250 g/mol. The number of nitrogens with two attached hydrogens (primary N) is 1. The van der Waals surface area contributed by atoms with Gasteiger partial charge in [0, 0.05) is 18.9 Å². The summed E-state index contributed by atoms with van der Waals surface area (Å²) in [6.45, 7) is 2.19. The molecule has 0 aliphatic rings. The smallest absolute Gasteiger partial charge is 0.191 e. The van der Waals surface area contributed by atoms with Crippen molar-refractivity contribution in [1.29, 1.82) is 0 Å². The number of hydrogen-bond acceptors (Lipinski definition) is 4. The summed E-state index contributed by atoms with van der Waals surface area (Å²) >= 11 is 0. The topological polar surface area (TPSA) is 61.3 Å². The van der Waals surface area contributed by atoms with E-state index in [1.54, 1.807) is 13.0 Å². The number of hydrogen-bond donors (Lipinski definition) is 1. The van der Waals surface area contributed by atoms with Gasteiger partial charge in [0.15, 0.2) is 5.89 Å². The molecule has 18 heavy (non-hydrogen) atoms. The molecule has 0 amide bonds. The van der Waals surface area contributed by atoms with Crippen LogP contribution < -0.4 is 10.5 Å². The lowest BCUT2D eigenvalue weighted by Gasteiger charge is -2.07. The zero-order valence-corrected chi connectivity index (χ0v) is 10.4. The molecule has 0 bridgehead atoms. The van der Waals surface area contributed by atoms with E-state index in [1.807, 2.05) is 0 Å². The Morgan fingerprint density at radius 2 is 2.22 bits per heavy atom. The van der Waals surface area contributed by atoms with Crippen molar-refractivity contribution in [3.8, 4) is 17.0 Å². The van der Waals surface area contributed by atoms with Crippen LogP contribution in [0.3, 0.4) is 0 Å². The Hall–Kier alpha value is -1.88. The summed E-state index contributed by atoms with van der Waals surface area (Å²) in [5.41, 5.74) is 6.70. The van der Waals surface area contributed by atoms with Gasteiger partial charge < -0.3 is 14.9 Å². The maximum absolute atomic E-state index is 13.4. The van der Waals surface area contributed by atoms with Crippen molar-refractivity contribution in [2.75, 3.05) is 13.7 Å². The molecule has 0 aliphatic carbocycles. The predicted molar refractivity (Wildman–Crippen MR) is 65.9 cm³/mol. The number of benzene rings is 1. The maximum atomic E-state index is 13.4. The third-order valence-corrected chi connectivity index (χ3v) is 2.59. The lowest BCUT2D eigenvalue weighted by molar-refractivity contribution is 0.415. The van der Waals surface area contributed by atoms with Crippen LogP contribution in [0.1, 0.15) is 11.7 Å². The van der Waals surface area contributed by atoms with Crippen LogP contribution in [0.2, 0.25) is 0 Å². The van der Waals surface area contributed by atoms with Crippen LogP contribution in [0.4, 0.5) is 4.39 Å². The fraction of sp³-hybridized carbons (Fsp3) is 0.308. The van der Waals surface area contributed by atoms with Crippen molar-refractivity contribution in [3.05, 3.63) is 35.7 Å². The number of oxazole rings is 1. The second-order valence-electron chi connectivity index (χ2n) is 3.89. The van der Waals surface area contributed by atoms with E-state index in [-0.39, 0.29) is 5.82 Å². The van der Waals surface area contributed by atoms with Gasteiger partial charge in [-0.3, -0.25) is 0 Å². The summed E-state index contributed by atoms with van der Waals surface area (Å²) in [5, 5.41) is 0. The van der Waals surface area contributed by atoms with Gasteiger partial charge in [-0.1, -0.05) is 0 Å². The number of rotatable bonds is 4. The van der Waals surface area contributed by atoms with Gasteiger partial charge in [-0.25, -0.2) is 9.37 Å². The highest BCUT2D eigenvalue weighted by atomic mass is 19.1. The predicted octanol–water partition coefficient (Wildman–Crippen LogP) is 2.30. The second kappa shape index (κ2) is 5.18. The number of aryl methyl sites for hydroxylation is 1. The molecular weight excluding hydrogens is 235 g/mol. The second-order valence-corrected chi connectivity index (χ2v) is 3.89. The van der Waals surface area contributed by atoms with Crippen LogP contribution >= 0.6 is 0 Å². The van der Waals surface area contributed by atoms with E-state index in [0.29, 0.717) is 41.6 Å². The quantitative estimate of drug-likeness (QED) is 0.904. The minimum absolute atomic E-state index is 0.342. The Labute approximate surface area is 105 Å². The highest BCUT2D eigenvalue weighted by Gasteiger charge is 2.17. The number of aromatic nitrogens is 1. The molecule has 1 heterocycles. The van der Waals surface area contributed by atoms with E-state index in [2.05, 4.69) is 4.98 Å². The molecule has 0 saturated heterocycles. The van der Waals surface area contributed by atoms with Crippen molar-refractivity contribution in [1.82, 2.24) is 4.98 Å². The minimum atomic E-state index is -0.342. The number of nitrogens with zero attached hydrogens (tertiary/aromatic N) is 1. The highest BCUT2D eigenvalue weighted by molar-refractivity contribution is 5.69. The van der Waals surface area contributed by atoms with Crippen molar-refractivity contribution in [2.45, 2.75) is 13.3 Å². The summed E-state index contributed by atoms with van der Waals surface area (Å²) in [5.74, 6) is 1.40. The van der Waals surface area contributed by atoms with Gasteiger partial charge in [-0.05, 0) is 24.7 Å². The van der Waals surface area contributed by atoms with Gasteiger partial charge in [0.2, 0.25) is 0 Å². The zero-order valence-electron chi connectivity index (χ0n) is 10.4. The average Bonchev–Trinajstić information content (AvgIpc) is 2.71. The lowest BCUT2D eigenvalue weighted by atomic mass is 10.1. The zero-order chi connectivity index (χ0) is 13.1. The molecule has 2 N–H and O–H groups in total. The molecule has 0 radical (unpaired) electrons. The first kappa shape index (κ1) is 12.6. The van der Waals surface area contributed by atoms with E-state index in [1.165, 1.54) is 19.2 Å². The Kier molecular flexibility index (Phi) is 3.62. The first-order valence-electron chi connectivity index (χ1n) is 5.66. The number of ether oxygens (including phenoxy) is 1. The van der Waals surface area contributed by atoms with Crippen LogP contribution in [0, 0.1) is 12.7 Å². The summed E-state index contributed by atoms with van der Waals surface area (Å²) < 4.78 is 24.1. The van der Waals surface area contributed by atoms with Gasteiger partial charge in [0.05, 0.1) is 7.11 Å². The van der Waals surface area contributed by atoms with Gasteiger partial charge >= 0.3 is 0 Å². The average molecular weight is 250 g/mol. The maximum Gasteiger partial charge on any atom is 0.191 e. The van der Waals surface area contributed by atoms with E-state index in [4.69, 9.17) is 14.9 Å². The lowest BCUT2D eigenvalue weighted by Crippen LogP contribution is -2.03. The molecule has 0 spiro atoms. The Balaban J connectivity index is 2.56. The van der Waals surface area contributed by atoms with Gasteiger partial charge in [-0.15, -0.1) is 0 Å². The first-order chi connectivity index (χ1) is 8.65. The summed E-state index contributed by atoms with van der Waals surface area (Å²) in [7, 11) is 1.53. The van der Waals surface area contributed by atoms with E-state index >= 15 is 0 Å².